The van der Waals surface area contributed by atoms with Gasteiger partial charge in [0.05, 0.1) is 0 Å². The Balaban J connectivity index is 2.60. The summed E-state index contributed by atoms with van der Waals surface area (Å²) in [4.78, 5) is 12.2. The molecule has 1 aromatic rings. The standard InChI is InChI=1S/C18H29NO/c1-5-14-6-8-15(9-7-14)17(20)11-10-16(12-13-19)18(2,3)4/h6-9,16H,5,10-13,19H2,1-4H3. The Hall–Kier alpha value is -1.15. The van der Waals surface area contributed by atoms with Crippen molar-refractivity contribution in [2.45, 2.75) is 53.4 Å². The van der Waals surface area contributed by atoms with Crippen molar-refractivity contribution in [3.8, 4) is 0 Å². The normalized spacial score (nSPS) is 13.2. The lowest BCUT2D eigenvalue weighted by Gasteiger charge is -2.30. The highest BCUT2D eigenvalue weighted by Gasteiger charge is 2.24. The smallest absolute Gasteiger partial charge is 0.162 e. The zero-order valence-corrected chi connectivity index (χ0v) is 13.4. The Bertz CT molecular complexity index is 414. The molecule has 0 bridgehead atoms. The first-order valence-corrected chi connectivity index (χ1v) is 7.70. The van der Waals surface area contributed by atoms with E-state index in [1.54, 1.807) is 0 Å². The van der Waals surface area contributed by atoms with Gasteiger partial charge in [-0.2, -0.15) is 0 Å². The van der Waals surface area contributed by atoms with E-state index in [4.69, 9.17) is 5.73 Å². The van der Waals surface area contributed by atoms with Crippen molar-refractivity contribution in [2.24, 2.45) is 17.1 Å². The molecule has 0 saturated heterocycles. The van der Waals surface area contributed by atoms with Gasteiger partial charge < -0.3 is 5.73 Å². The van der Waals surface area contributed by atoms with Gasteiger partial charge in [0.1, 0.15) is 0 Å². The van der Waals surface area contributed by atoms with E-state index in [2.05, 4.69) is 27.7 Å². The molecular weight excluding hydrogens is 246 g/mol. The lowest BCUT2D eigenvalue weighted by molar-refractivity contribution is 0.0957. The van der Waals surface area contributed by atoms with E-state index >= 15 is 0 Å². The molecular formula is C18H29NO. The molecule has 1 aromatic carbocycles. The van der Waals surface area contributed by atoms with Crippen molar-refractivity contribution in [3.05, 3.63) is 35.4 Å². The van der Waals surface area contributed by atoms with Crippen molar-refractivity contribution in [1.29, 1.82) is 0 Å². The van der Waals surface area contributed by atoms with Crippen LogP contribution in [-0.2, 0) is 6.42 Å². The van der Waals surface area contributed by atoms with Crippen LogP contribution in [0, 0.1) is 11.3 Å². The molecule has 20 heavy (non-hydrogen) atoms. The van der Waals surface area contributed by atoms with Gasteiger partial charge in [-0.25, -0.2) is 0 Å². The fourth-order valence-electron chi connectivity index (χ4n) is 2.59. The maximum absolute atomic E-state index is 12.2. The summed E-state index contributed by atoms with van der Waals surface area (Å²) in [7, 11) is 0. The van der Waals surface area contributed by atoms with E-state index in [0.717, 1.165) is 24.8 Å². The van der Waals surface area contributed by atoms with E-state index in [0.29, 0.717) is 18.9 Å². The third-order valence-electron chi connectivity index (χ3n) is 4.14. The number of carbonyl (C=O) groups excluding carboxylic acids is 1. The Kier molecular flexibility index (Phi) is 6.41. The zero-order valence-electron chi connectivity index (χ0n) is 13.4. The van der Waals surface area contributed by atoms with Gasteiger partial charge in [-0.05, 0) is 42.7 Å². The molecule has 0 spiro atoms. The predicted octanol–water partition coefficient (Wildman–Crippen LogP) is 4.22. The van der Waals surface area contributed by atoms with Gasteiger partial charge in [0, 0.05) is 12.0 Å². The summed E-state index contributed by atoms with van der Waals surface area (Å²) < 4.78 is 0. The van der Waals surface area contributed by atoms with Crippen molar-refractivity contribution >= 4 is 5.78 Å². The number of aryl methyl sites for hydroxylation is 1. The fourth-order valence-corrected chi connectivity index (χ4v) is 2.59. The molecule has 2 N–H and O–H groups in total. The largest absolute Gasteiger partial charge is 0.330 e. The lowest BCUT2D eigenvalue weighted by Crippen LogP contribution is -2.24. The summed E-state index contributed by atoms with van der Waals surface area (Å²) in [5.41, 5.74) is 8.02. The van der Waals surface area contributed by atoms with Crippen molar-refractivity contribution in [2.75, 3.05) is 6.54 Å². The Labute approximate surface area is 123 Å². The number of carbonyl (C=O) groups is 1. The van der Waals surface area contributed by atoms with Gasteiger partial charge in [-0.15, -0.1) is 0 Å². The fraction of sp³-hybridized carbons (Fsp3) is 0.611. The van der Waals surface area contributed by atoms with Crippen LogP contribution in [0.4, 0.5) is 0 Å². The minimum atomic E-state index is 0.214. The number of ketones is 1. The van der Waals surface area contributed by atoms with Gasteiger partial charge in [0.2, 0.25) is 0 Å². The van der Waals surface area contributed by atoms with Crippen LogP contribution in [0.5, 0.6) is 0 Å². The predicted molar refractivity (Wildman–Crippen MR) is 86.0 cm³/mol. The van der Waals surface area contributed by atoms with Crippen LogP contribution >= 0.6 is 0 Å². The first-order chi connectivity index (χ1) is 9.38. The molecule has 1 unspecified atom stereocenters. The van der Waals surface area contributed by atoms with Crippen LogP contribution in [0.3, 0.4) is 0 Å². The maximum Gasteiger partial charge on any atom is 0.162 e. The minimum Gasteiger partial charge on any atom is -0.330 e. The van der Waals surface area contributed by atoms with E-state index in [1.807, 2.05) is 24.3 Å². The molecule has 2 nitrogen and oxygen atoms in total. The lowest BCUT2D eigenvalue weighted by atomic mass is 9.76. The molecule has 1 atom stereocenters. The summed E-state index contributed by atoms with van der Waals surface area (Å²) in [6.45, 7) is 9.51. The highest BCUT2D eigenvalue weighted by molar-refractivity contribution is 5.96. The highest BCUT2D eigenvalue weighted by Crippen LogP contribution is 2.32. The number of benzene rings is 1. The van der Waals surface area contributed by atoms with E-state index in [9.17, 15) is 4.79 Å². The molecule has 0 aliphatic rings. The van der Waals surface area contributed by atoms with Gasteiger partial charge in [0.25, 0.3) is 0 Å². The van der Waals surface area contributed by atoms with E-state index < -0.39 is 0 Å². The minimum absolute atomic E-state index is 0.214. The molecule has 0 heterocycles. The Morgan fingerprint density at radius 1 is 1.15 bits per heavy atom. The van der Waals surface area contributed by atoms with Crippen LogP contribution in [0.2, 0.25) is 0 Å². The molecule has 0 amide bonds. The number of Topliss-reactive ketones (excluding diaryl/α,β-unsaturated/α-hetero) is 1. The number of nitrogens with two attached hydrogens (primary N) is 1. The van der Waals surface area contributed by atoms with Crippen molar-refractivity contribution < 1.29 is 4.79 Å². The molecule has 0 saturated carbocycles. The molecule has 0 aliphatic heterocycles. The molecule has 0 fully saturated rings. The molecule has 0 radical (unpaired) electrons. The summed E-state index contributed by atoms with van der Waals surface area (Å²) >= 11 is 0. The Morgan fingerprint density at radius 3 is 2.20 bits per heavy atom. The van der Waals surface area contributed by atoms with E-state index in [-0.39, 0.29) is 11.2 Å². The monoisotopic (exact) mass is 275 g/mol. The van der Waals surface area contributed by atoms with Crippen LogP contribution < -0.4 is 5.73 Å². The van der Waals surface area contributed by atoms with Crippen LogP contribution in [-0.4, -0.2) is 12.3 Å². The first kappa shape index (κ1) is 16.9. The molecule has 2 heteroatoms. The second kappa shape index (κ2) is 7.58. The third kappa shape index (κ3) is 5.09. The molecule has 0 aromatic heterocycles. The first-order valence-electron chi connectivity index (χ1n) is 7.70. The van der Waals surface area contributed by atoms with E-state index in [1.165, 1.54) is 5.56 Å². The van der Waals surface area contributed by atoms with Gasteiger partial charge >= 0.3 is 0 Å². The molecule has 1 rings (SSSR count). The summed E-state index contributed by atoms with van der Waals surface area (Å²) in [5, 5.41) is 0. The maximum atomic E-state index is 12.2. The van der Waals surface area contributed by atoms with Crippen molar-refractivity contribution in [3.63, 3.8) is 0 Å². The number of hydrogen-bond acceptors (Lipinski definition) is 2. The number of rotatable bonds is 7. The van der Waals surface area contributed by atoms with Crippen LogP contribution in [0.15, 0.2) is 24.3 Å². The van der Waals surface area contributed by atoms with Crippen LogP contribution in [0.25, 0.3) is 0 Å². The third-order valence-corrected chi connectivity index (χ3v) is 4.14. The summed E-state index contributed by atoms with van der Waals surface area (Å²) in [5.74, 6) is 0.755. The van der Waals surface area contributed by atoms with Crippen LogP contribution in [0.1, 0.15) is 62.9 Å². The zero-order chi connectivity index (χ0) is 15.2. The molecule has 112 valence electrons. The average Bonchev–Trinajstić information content (AvgIpc) is 2.42. The average molecular weight is 275 g/mol. The van der Waals surface area contributed by atoms with Gasteiger partial charge in [-0.1, -0.05) is 52.0 Å². The second-order valence-corrected chi connectivity index (χ2v) is 6.65. The molecule has 0 aliphatic carbocycles. The Morgan fingerprint density at radius 2 is 1.75 bits per heavy atom. The highest BCUT2D eigenvalue weighted by atomic mass is 16.1. The number of hydrogen-bond donors (Lipinski definition) is 1. The topological polar surface area (TPSA) is 43.1 Å². The SMILES string of the molecule is CCc1ccc(C(=O)CCC(CCN)C(C)(C)C)cc1. The van der Waals surface area contributed by atoms with Gasteiger partial charge in [-0.3, -0.25) is 4.79 Å². The quantitative estimate of drug-likeness (QED) is 0.757. The van der Waals surface area contributed by atoms with Crippen molar-refractivity contribution in [1.82, 2.24) is 0 Å². The summed E-state index contributed by atoms with van der Waals surface area (Å²) in [6.07, 6.45) is 3.55. The summed E-state index contributed by atoms with van der Waals surface area (Å²) in [6, 6.07) is 8.01. The second-order valence-electron chi connectivity index (χ2n) is 6.65. The van der Waals surface area contributed by atoms with Gasteiger partial charge in [0.15, 0.2) is 5.78 Å².